The fourth-order valence-electron chi connectivity index (χ4n) is 3.80. The van der Waals surface area contributed by atoms with Gasteiger partial charge in [0, 0.05) is 70.5 Å². The average molecular weight is 373 g/mol. The Bertz CT molecular complexity index is 630. The highest BCUT2D eigenvalue weighted by atomic mass is 16.2. The van der Waals surface area contributed by atoms with E-state index in [1.165, 1.54) is 18.5 Å². The van der Waals surface area contributed by atoms with Gasteiger partial charge in [-0.25, -0.2) is 0 Å². The summed E-state index contributed by atoms with van der Waals surface area (Å²) in [7, 11) is 0. The molecule has 1 aromatic carbocycles. The molecule has 1 aromatic rings. The lowest BCUT2D eigenvalue weighted by Gasteiger charge is -2.34. The van der Waals surface area contributed by atoms with Crippen LogP contribution in [0.2, 0.25) is 0 Å². The predicted octanol–water partition coefficient (Wildman–Crippen LogP) is 2.42. The lowest BCUT2D eigenvalue weighted by Crippen LogP contribution is -2.50. The van der Waals surface area contributed by atoms with Crippen molar-refractivity contribution in [1.82, 2.24) is 9.80 Å². The number of hydrogen-bond donors (Lipinski definition) is 1. The third-order valence-electron chi connectivity index (χ3n) is 5.76. The molecule has 6 nitrogen and oxygen atoms in total. The van der Waals surface area contributed by atoms with Crippen LogP contribution in [-0.4, -0.2) is 67.4 Å². The van der Waals surface area contributed by atoms with Gasteiger partial charge in [-0.2, -0.15) is 0 Å². The van der Waals surface area contributed by atoms with Crippen LogP contribution < -0.4 is 10.2 Å². The molecule has 1 N–H and O–H groups in total. The van der Waals surface area contributed by atoms with Gasteiger partial charge in [-0.1, -0.05) is 6.92 Å². The molecule has 0 unspecified atom stereocenters. The smallest absolute Gasteiger partial charge is 0.224 e. The van der Waals surface area contributed by atoms with Crippen LogP contribution in [-0.2, 0) is 9.59 Å². The molecular formula is C21H32N4O2. The van der Waals surface area contributed by atoms with Crippen molar-refractivity contribution in [3.63, 3.8) is 0 Å². The highest BCUT2D eigenvalue weighted by molar-refractivity contribution is 5.78. The van der Waals surface area contributed by atoms with Crippen molar-refractivity contribution in [1.29, 1.82) is 0 Å². The van der Waals surface area contributed by atoms with Crippen LogP contribution in [0.4, 0.5) is 11.4 Å². The van der Waals surface area contributed by atoms with E-state index >= 15 is 0 Å². The number of hydrogen-bond acceptors (Lipinski definition) is 4. The zero-order chi connectivity index (χ0) is 19.2. The van der Waals surface area contributed by atoms with Crippen molar-refractivity contribution in [3.05, 3.63) is 24.3 Å². The normalized spacial score (nSPS) is 18.5. The molecule has 2 saturated heterocycles. The predicted molar refractivity (Wildman–Crippen MR) is 109 cm³/mol. The Kier molecular flexibility index (Phi) is 6.58. The molecule has 0 saturated carbocycles. The Hall–Kier alpha value is -2.24. The van der Waals surface area contributed by atoms with Gasteiger partial charge in [0.1, 0.15) is 0 Å². The number of nitrogens with one attached hydrogen (secondary N) is 1. The first-order chi connectivity index (χ1) is 13.0. The average Bonchev–Trinajstić information content (AvgIpc) is 2.69. The van der Waals surface area contributed by atoms with Crippen LogP contribution in [0.15, 0.2) is 24.3 Å². The number of anilines is 2. The highest BCUT2D eigenvalue weighted by Crippen LogP contribution is 2.24. The number of benzene rings is 1. The van der Waals surface area contributed by atoms with E-state index in [1.54, 1.807) is 11.8 Å². The summed E-state index contributed by atoms with van der Waals surface area (Å²) in [6.07, 6.45) is 3.01. The first-order valence-electron chi connectivity index (χ1n) is 10.1. The summed E-state index contributed by atoms with van der Waals surface area (Å²) in [6.45, 7) is 9.39. The quantitative estimate of drug-likeness (QED) is 0.862. The molecule has 0 radical (unpaired) electrons. The summed E-state index contributed by atoms with van der Waals surface area (Å²) < 4.78 is 0. The minimum absolute atomic E-state index is 0.0891. The first kappa shape index (κ1) is 19.5. The molecule has 2 aliphatic rings. The molecule has 6 heteroatoms. The molecule has 2 amide bonds. The van der Waals surface area contributed by atoms with Gasteiger partial charge in [-0.05, 0) is 43.0 Å². The van der Waals surface area contributed by atoms with Crippen LogP contribution in [0.1, 0.15) is 33.1 Å². The summed E-state index contributed by atoms with van der Waals surface area (Å²) in [6, 6.07) is 8.54. The van der Waals surface area contributed by atoms with Crippen molar-refractivity contribution < 1.29 is 9.59 Å². The molecule has 0 bridgehead atoms. The van der Waals surface area contributed by atoms with Crippen LogP contribution in [0.25, 0.3) is 0 Å². The Morgan fingerprint density at radius 1 is 0.963 bits per heavy atom. The second-order valence-electron chi connectivity index (χ2n) is 7.78. The van der Waals surface area contributed by atoms with E-state index in [-0.39, 0.29) is 11.8 Å². The lowest BCUT2D eigenvalue weighted by atomic mass is 9.99. The number of carbonyl (C=O) groups is 2. The minimum Gasteiger partial charge on any atom is -0.385 e. The van der Waals surface area contributed by atoms with Gasteiger partial charge in [0.15, 0.2) is 0 Å². The molecule has 0 spiro atoms. The van der Waals surface area contributed by atoms with Crippen molar-refractivity contribution >= 4 is 23.2 Å². The maximum atomic E-state index is 12.3. The van der Waals surface area contributed by atoms with E-state index in [4.69, 9.17) is 0 Å². The Morgan fingerprint density at radius 2 is 1.56 bits per heavy atom. The Morgan fingerprint density at radius 3 is 2.15 bits per heavy atom. The van der Waals surface area contributed by atoms with Gasteiger partial charge in [-0.3, -0.25) is 9.59 Å². The number of amides is 2. The van der Waals surface area contributed by atoms with Crippen molar-refractivity contribution in [3.8, 4) is 0 Å². The summed E-state index contributed by atoms with van der Waals surface area (Å²) in [5.41, 5.74) is 2.34. The fourth-order valence-corrected chi connectivity index (χ4v) is 3.80. The first-order valence-corrected chi connectivity index (χ1v) is 10.1. The molecule has 0 aliphatic carbocycles. The number of piperidine rings is 1. The van der Waals surface area contributed by atoms with Crippen molar-refractivity contribution in [2.45, 2.75) is 33.1 Å². The molecule has 27 heavy (non-hydrogen) atoms. The second kappa shape index (κ2) is 9.11. The van der Waals surface area contributed by atoms with E-state index in [1.807, 2.05) is 4.90 Å². The van der Waals surface area contributed by atoms with Crippen LogP contribution in [0, 0.1) is 5.92 Å². The maximum absolute atomic E-state index is 12.3. The van der Waals surface area contributed by atoms with Gasteiger partial charge < -0.3 is 20.0 Å². The van der Waals surface area contributed by atoms with E-state index in [0.717, 1.165) is 24.7 Å². The number of piperazine rings is 1. The van der Waals surface area contributed by atoms with E-state index in [9.17, 15) is 9.59 Å². The molecule has 148 valence electrons. The number of carbonyl (C=O) groups excluding carboxylic acids is 2. The van der Waals surface area contributed by atoms with Gasteiger partial charge >= 0.3 is 0 Å². The minimum atomic E-state index is 0.0891. The molecule has 2 fully saturated rings. The van der Waals surface area contributed by atoms with Crippen LogP contribution in [0.3, 0.4) is 0 Å². The number of nitrogens with zero attached hydrogens (tertiary/aromatic N) is 3. The number of rotatable bonds is 5. The zero-order valence-corrected chi connectivity index (χ0v) is 16.6. The summed E-state index contributed by atoms with van der Waals surface area (Å²) in [5.74, 6) is 1.08. The zero-order valence-electron chi connectivity index (χ0n) is 16.6. The van der Waals surface area contributed by atoms with Gasteiger partial charge in [0.2, 0.25) is 11.8 Å². The summed E-state index contributed by atoms with van der Waals surface area (Å²) in [5, 5.41) is 3.35. The molecule has 0 aromatic heterocycles. The second-order valence-corrected chi connectivity index (χ2v) is 7.78. The summed E-state index contributed by atoms with van der Waals surface area (Å²) >= 11 is 0. The molecular weight excluding hydrogens is 340 g/mol. The third-order valence-corrected chi connectivity index (χ3v) is 5.76. The topological polar surface area (TPSA) is 55.9 Å². The van der Waals surface area contributed by atoms with E-state index < -0.39 is 0 Å². The largest absolute Gasteiger partial charge is 0.385 e. The maximum Gasteiger partial charge on any atom is 0.224 e. The van der Waals surface area contributed by atoms with Crippen molar-refractivity contribution in [2.24, 2.45) is 5.92 Å². The van der Waals surface area contributed by atoms with Gasteiger partial charge in [0.25, 0.3) is 0 Å². The summed E-state index contributed by atoms with van der Waals surface area (Å²) in [4.78, 5) is 29.8. The monoisotopic (exact) mass is 372 g/mol. The third kappa shape index (κ3) is 5.37. The highest BCUT2D eigenvalue weighted by Gasteiger charge is 2.21. The van der Waals surface area contributed by atoms with E-state index in [2.05, 4.69) is 41.4 Å². The van der Waals surface area contributed by atoms with E-state index in [0.29, 0.717) is 39.1 Å². The van der Waals surface area contributed by atoms with Crippen molar-refractivity contribution in [2.75, 3.05) is 56.0 Å². The molecule has 3 rings (SSSR count). The lowest BCUT2D eigenvalue weighted by molar-refractivity contribution is -0.138. The Labute approximate surface area is 162 Å². The molecule has 2 heterocycles. The Balaban J connectivity index is 1.39. The van der Waals surface area contributed by atoms with Gasteiger partial charge in [-0.15, -0.1) is 0 Å². The standard InChI is InChI=1S/C21H32N4O2/c1-17-8-11-24(12-9-17)20-5-3-19(4-6-20)22-10-7-21(27)25-15-13-23(14-16-25)18(2)26/h3-6,17,22H,7-16H2,1-2H3. The SMILES string of the molecule is CC(=O)N1CCN(C(=O)CCNc2ccc(N3CCC(C)CC3)cc2)CC1. The van der Waals surface area contributed by atoms with Gasteiger partial charge in [0.05, 0.1) is 0 Å². The van der Waals surface area contributed by atoms with Crippen LogP contribution >= 0.6 is 0 Å². The molecule has 0 atom stereocenters. The fraction of sp³-hybridized carbons (Fsp3) is 0.619. The molecule has 2 aliphatic heterocycles. The van der Waals surface area contributed by atoms with Crippen LogP contribution in [0.5, 0.6) is 0 Å².